The first-order chi connectivity index (χ1) is 15.8. The molecule has 1 aliphatic carbocycles. The van der Waals surface area contributed by atoms with Gasteiger partial charge in [0.15, 0.2) is 0 Å². The maximum Gasteiger partial charge on any atom is 0.242 e. The van der Waals surface area contributed by atoms with E-state index >= 15 is 0 Å². The van der Waals surface area contributed by atoms with Gasteiger partial charge in [0.2, 0.25) is 23.6 Å². The molecule has 3 atom stereocenters. The largest absolute Gasteiger partial charge is 0.354 e. The normalized spacial score (nSPS) is 20.5. The monoisotopic (exact) mass is 517 g/mol. The summed E-state index contributed by atoms with van der Waals surface area (Å²) in [7, 11) is 0. The summed E-state index contributed by atoms with van der Waals surface area (Å²) in [5, 5.41) is 2.89. The Bertz CT molecular complexity index is 889. The van der Waals surface area contributed by atoms with Crippen LogP contribution in [0, 0.1) is 11.8 Å². The highest BCUT2D eigenvalue weighted by molar-refractivity contribution is 9.10. The van der Waals surface area contributed by atoms with Crippen LogP contribution in [0.3, 0.4) is 0 Å². The van der Waals surface area contributed by atoms with Crippen LogP contribution in [0.2, 0.25) is 0 Å². The van der Waals surface area contributed by atoms with Crippen molar-refractivity contribution in [2.24, 2.45) is 11.8 Å². The maximum atomic E-state index is 13.2. The first kappa shape index (κ1) is 25.1. The quantitative estimate of drug-likeness (QED) is 0.292. The van der Waals surface area contributed by atoms with Crippen molar-refractivity contribution in [3.63, 3.8) is 0 Å². The second kappa shape index (κ2) is 11.6. The summed E-state index contributed by atoms with van der Waals surface area (Å²) in [4.78, 5) is 54.2. The molecule has 0 bridgehead atoms. The van der Waals surface area contributed by atoms with E-state index in [2.05, 4.69) is 21.2 Å². The molecule has 1 aliphatic heterocycles. The van der Waals surface area contributed by atoms with Crippen LogP contribution in [0.15, 0.2) is 40.9 Å². The van der Waals surface area contributed by atoms with Crippen LogP contribution in [0.1, 0.15) is 51.5 Å². The van der Waals surface area contributed by atoms with Crippen LogP contribution in [0.5, 0.6) is 0 Å². The molecule has 0 aromatic heterocycles. The van der Waals surface area contributed by atoms with Gasteiger partial charge in [-0.15, -0.1) is 0 Å². The Labute approximate surface area is 203 Å². The third-order valence-electron chi connectivity index (χ3n) is 6.41. The standard InChI is InChI=1S/C25H32BrN3O4/c1-3-4-14-27-23(31)17(2)29(16-18-9-11-19(26)12-10-18)22(30)13-15-28-24(32)20-7-5-6-8-21(20)25(28)33/h5-6,9-12,17,20-21H,3-4,7-8,13-16H2,1-2H3,(H,27,31)/t17-,20-,21+/m1/s1. The molecular weight excluding hydrogens is 486 g/mol. The summed E-state index contributed by atoms with van der Waals surface area (Å²) in [5.41, 5.74) is 0.894. The van der Waals surface area contributed by atoms with E-state index in [1.807, 2.05) is 43.3 Å². The van der Waals surface area contributed by atoms with Gasteiger partial charge in [-0.3, -0.25) is 24.1 Å². The van der Waals surface area contributed by atoms with Crippen LogP contribution in [-0.2, 0) is 25.7 Å². The lowest BCUT2D eigenvalue weighted by Gasteiger charge is -2.29. The molecule has 1 heterocycles. The van der Waals surface area contributed by atoms with E-state index in [1.165, 1.54) is 9.80 Å². The number of carbonyl (C=O) groups excluding carboxylic acids is 4. The first-order valence-electron chi connectivity index (χ1n) is 11.6. The highest BCUT2D eigenvalue weighted by atomic mass is 79.9. The van der Waals surface area contributed by atoms with E-state index in [4.69, 9.17) is 0 Å². The molecular formula is C25H32BrN3O4. The summed E-state index contributed by atoms with van der Waals surface area (Å²) in [6, 6.07) is 6.91. The Balaban J connectivity index is 1.68. The van der Waals surface area contributed by atoms with Crippen LogP contribution in [-0.4, -0.2) is 52.6 Å². The lowest BCUT2D eigenvalue weighted by Crippen LogP contribution is -2.48. The second-order valence-corrected chi connectivity index (χ2v) is 9.62. The number of imide groups is 1. The van der Waals surface area contributed by atoms with E-state index in [1.54, 1.807) is 6.92 Å². The van der Waals surface area contributed by atoms with Gasteiger partial charge in [0.25, 0.3) is 0 Å². The molecule has 7 nitrogen and oxygen atoms in total. The summed E-state index contributed by atoms with van der Waals surface area (Å²) < 4.78 is 0.927. The Morgan fingerprint density at radius 3 is 2.30 bits per heavy atom. The fourth-order valence-corrected chi connectivity index (χ4v) is 4.61. The molecule has 1 N–H and O–H groups in total. The molecule has 3 rings (SSSR count). The molecule has 1 fully saturated rings. The predicted octanol–water partition coefficient (Wildman–Crippen LogP) is 3.42. The number of fused-ring (bicyclic) bond motifs is 1. The molecule has 178 valence electrons. The average molecular weight is 518 g/mol. The SMILES string of the molecule is CCCCNC(=O)[C@@H](C)N(Cc1ccc(Br)cc1)C(=O)CCN1C(=O)[C@H]2CC=CC[C@H]2C1=O. The fraction of sp³-hybridized carbons (Fsp3) is 0.520. The number of carbonyl (C=O) groups is 4. The molecule has 0 radical (unpaired) electrons. The number of benzene rings is 1. The number of unbranched alkanes of at least 4 members (excludes halogenated alkanes) is 1. The molecule has 33 heavy (non-hydrogen) atoms. The minimum atomic E-state index is -0.672. The van der Waals surface area contributed by atoms with Gasteiger partial charge in [-0.2, -0.15) is 0 Å². The zero-order chi connectivity index (χ0) is 24.0. The number of nitrogens with zero attached hydrogens (tertiary/aromatic N) is 2. The number of hydrogen-bond donors (Lipinski definition) is 1. The van der Waals surface area contributed by atoms with Crippen LogP contribution in [0.4, 0.5) is 0 Å². The Morgan fingerprint density at radius 1 is 1.12 bits per heavy atom. The Kier molecular flexibility index (Phi) is 8.83. The van der Waals surface area contributed by atoms with Crippen molar-refractivity contribution < 1.29 is 19.2 Å². The van der Waals surface area contributed by atoms with Crippen molar-refractivity contribution in [3.05, 3.63) is 46.5 Å². The molecule has 8 heteroatoms. The molecule has 1 aromatic carbocycles. The molecule has 2 aliphatic rings. The number of hydrogen-bond acceptors (Lipinski definition) is 4. The second-order valence-electron chi connectivity index (χ2n) is 8.70. The van der Waals surface area contributed by atoms with Crippen LogP contribution >= 0.6 is 15.9 Å². The lowest BCUT2D eigenvalue weighted by molar-refractivity contribution is -0.143. The highest BCUT2D eigenvalue weighted by Gasteiger charge is 2.47. The number of likely N-dealkylation sites (tertiary alicyclic amines) is 1. The smallest absolute Gasteiger partial charge is 0.242 e. The minimum Gasteiger partial charge on any atom is -0.354 e. The van der Waals surface area contributed by atoms with Gasteiger partial charge >= 0.3 is 0 Å². The van der Waals surface area contributed by atoms with Gasteiger partial charge in [0.05, 0.1) is 11.8 Å². The van der Waals surface area contributed by atoms with Crippen molar-refractivity contribution in [2.75, 3.05) is 13.1 Å². The Morgan fingerprint density at radius 2 is 1.73 bits per heavy atom. The van der Waals surface area contributed by atoms with Crippen molar-refractivity contribution in [1.29, 1.82) is 0 Å². The summed E-state index contributed by atoms with van der Waals surface area (Å²) in [6.45, 7) is 4.64. The van der Waals surface area contributed by atoms with Crippen molar-refractivity contribution in [3.8, 4) is 0 Å². The number of rotatable bonds is 10. The molecule has 4 amide bonds. The van der Waals surface area contributed by atoms with Crippen molar-refractivity contribution >= 4 is 39.6 Å². The van der Waals surface area contributed by atoms with Gasteiger partial charge in [-0.1, -0.05) is 53.6 Å². The van der Waals surface area contributed by atoms with Crippen molar-refractivity contribution in [2.45, 2.75) is 58.5 Å². The van der Waals surface area contributed by atoms with E-state index in [9.17, 15) is 19.2 Å². The summed E-state index contributed by atoms with van der Waals surface area (Å²) >= 11 is 3.41. The number of nitrogens with one attached hydrogen (secondary N) is 1. The van der Waals surface area contributed by atoms with Gasteiger partial charge in [-0.25, -0.2) is 0 Å². The minimum absolute atomic E-state index is 0.00649. The number of allylic oxidation sites excluding steroid dienone is 2. The average Bonchev–Trinajstić information content (AvgIpc) is 3.06. The zero-order valence-corrected chi connectivity index (χ0v) is 20.8. The van der Waals surface area contributed by atoms with Crippen LogP contribution in [0.25, 0.3) is 0 Å². The lowest BCUT2D eigenvalue weighted by atomic mass is 9.85. The van der Waals surface area contributed by atoms with Crippen LogP contribution < -0.4 is 5.32 Å². The zero-order valence-electron chi connectivity index (χ0n) is 19.3. The third kappa shape index (κ3) is 6.10. The van der Waals surface area contributed by atoms with E-state index in [-0.39, 0.29) is 55.0 Å². The summed E-state index contributed by atoms with van der Waals surface area (Å²) in [6.07, 6.45) is 6.86. The van der Waals surface area contributed by atoms with E-state index < -0.39 is 6.04 Å². The van der Waals surface area contributed by atoms with Gasteiger partial charge in [0.1, 0.15) is 6.04 Å². The highest BCUT2D eigenvalue weighted by Crippen LogP contribution is 2.35. The summed E-state index contributed by atoms with van der Waals surface area (Å²) in [5.74, 6) is -1.46. The predicted molar refractivity (Wildman–Crippen MR) is 129 cm³/mol. The van der Waals surface area contributed by atoms with E-state index in [0.29, 0.717) is 19.4 Å². The molecule has 0 spiro atoms. The maximum absolute atomic E-state index is 13.2. The van der Waals surface area contributed by atoms with Gasteiger partial charge in [-0.05, 0) is 43.9 Å². The van der Waals surface area contributed by atoms with Crippen molar-refractivity contribution in [1.82, 2.24) is 15.1 Å². The molecule has 0 saturated carbocycles. The molecule has 1 aromatic rings. The van der Waals surface area contributed by atoms with Gasteiger partial charge in [0, 0.05) is 30.5 Å². The Hall–Kier alpha value is -2.48. The van der Waals surface area contributed by atoms with E-state index in [0.717, 1.165) is 22.9 Å². The molecule has 0 unspecified atom stereocenters. The number of amides is 4. The first-order valence-corrected chi connectivity index (χ1v) is 12.4. The number of halogens is 1. The fourth-order valence-electron chi connectivity index (χ4n) is 4.35. The molecule has 1 saturated heterocycles. The third-order valence-corrected chi connectivity index (χ3v) is 6.94. The van der Waals surface area contributed by atoms with Gasteiger partial charge < -0.3 is 10.2 Å². The topological polar surface area (TPSA) is 86.8 Å².